The second kappa shape index (κ2) is 12.0. The van der Waals surface area contributed by atoms with Gasteiger partial charge >= 0.3 is 11.9 Å². The quantitative estimate of drug-likeness (QED) is 0.140. The van der Waals surface area contributed by atoms with Crippen molar-refractivity contribution in [1.29, 1.82) is 0 Å². The summed E-state index contributed by atoms with van der Waals surface area (Å²) in [5.41, 5.74) is 8.49. The lowest BCUT2D eigenvalue weighted by Gasteiger charge is -2.28. The smallest absolute Gasteiger partial charge is 0.335 e. The molecule has 14 nitrogen and oxygen atoms in total. The molecular formula is C31H24N4O10. The molecule has 0 saturated heterocycles. The van der Waals surface area contributed by atoms with Crippen LogP contribution < -0.4 is 21.9 Å². The third-order valence-corrected chi connectivity index (χ3v) is 7.04. The van der Waals surface area contributed by atoms with Gasteiger partial charge in [-0.05, 0) is 85.7 Å². The van der Waals surface area contributed by atoms with Crippen LogP contribution >= 0.6 is 0 Å². The Morgan fingerprint density at radius 2 is 1.27 bits per heavy atom. The fraction of sp³-hybridized carbons (Fsp3) is 0.0645. The Labute approximate surface area is 253 Å². The number of imide groups is 1. The standard InChI is InChI=1S/C31H24N4O10/c1-14-20(26(38)34(28(40)22(14)24(32)36)18-10-6-16(7-11-18)30(42)43)4-3-5-21-15(2)23(25(33)37)29(41)35(27(21)39)19-12-8-17(9-13-19)31(44)45/h3-13,38H,1-2H3,(H2,32,36)(H2,33,37)(H,42,43)(H,44,45)/b4-3?,21-5-. The van der Waals surface area contributed by atoms with Gasteiger partial charge in [0.25, 0.3) is 29.2 Å². The molecular weight excluding hydrogens is 588 g/mol. The summed E-state index contributed by atoms with van der Waals surface area (Å²) in [6.07, 6.45) is 3.72. The molecule has 0 fully saturated rings. The molecule has 7 N–H and O–H groups in total. The number of aromatic carboxylic acids is 2. The molecule has 0 unspecified atom stereocenters. The van der Waals surface area contributed by atoms with Gasteiger partial charge in [0.1, 0.15) is 11.1 Å². The Hall–Kier alpha value is -6.57. The minimum absolute atomic E-state index is 0.00607. The fourth-order valence-corrected chi connectivity index (χ4v) is 4.77. The van der Waals surface area contributed by atoms with Gasteiger partial charge in [0.15, 0.2) is 0 Å². The van der Waals surface area contributed by atoms with Crippen molar-refractivity contribution in [2.24, 2.45) is 11.5 Å². The van der Waals surface area contributed by atoms with Crippen LogP contribution in [0.1, 0.15) is 49.1 Å². The van der Waals surface area contributed by atoms with E-state index in [4.69, 9.17) is 11.5 Å². The Bertz CT molecular complexity index is 1980. The number of hydrogen-bond donors (Lipinski definition) is 5. The van der Waals surface area contributed by atoms with Gasteiger partial charge < -0.3 is 26.8 Å². The molecule has 2 aromatic carbocycles. The number of pyridine rings is 1. The van der Waals surface area contributed by atoms with Crippen LogP contribution in [0.2, 0.25) is 0 Å². The average Bonchev–Trinajstić information content (AvgIpc) is 2.96. The lowest BCUT2D eigenvalue weighted by atomic mass is 9.93. The van der Waals surface area contributed by atoms with E-state index < -0.39 is 58.1 Å². The Morgan fingerprint density at radius 1 is 0.756 bits per heavy atom. The Balaban J connectivity index is 1.87. The van der Waals surface area contributed by atoms with Gasteiger partial charge in [-0.2, -0.15) is 0 Å². The summed E-state index contributed by atoms with van der Waals surface area (Å²) in [5, 5.41) is 29.5. The maximum absolute atomic E-state index is 13.5. The number of hydrogen-bond acceptors (Lipinski definition) is 8. The molecule has 14 heteroatoms. The molecule has 0 radical (unpaired) electrons. The van der Waals surface area contributed by atoms with Crippen molar-refractivity contribution in [2.45, 2.75) is 13.8 Å². The number of rotatable bonds is 8. The zero-order valence-corrected chi connectivity index (χ0v) is 23.6. The summed E-state index contributed by atoms with van der Waals surface area (Å²) >= 11 is 0. The largest absolute Gasteiger partial charge is 0.494 e. The van der Waals surface area contributed by atoms with E-state index in [1.165, 1.54) is 80.6 Å². The average molecular weight is 613 g/mol. The topological polar surface area (TPSA) is 240 Å². The third kappa shape index (κ3) is 5.62. The van der Waals surface area contributed by atoms with Gasteiger partial charge in [-0.3, -0.25) is 24.0 Å². The van der Waals surface area contributed by atoms with Crippen molar-refractivity contribution < 1.29 is 44.1 Å². The van der Waals surface area contributed by atoms with Crippen molar-refractivity contribution in [3.63, 3.8) is 0 Å². The zero-order chi connectivity index (χ0) is 33.3. The Morgan fingerprint density at radius 3 is 1.73 bits per heavy atom. The molecule has 4 rings (SSSR count). The first kappa shape index (κ1) is 31.4. The number of nitrogens with two attached hydrogens (primary N) is 2. The van der Waals surface area contributed by atoms with Crippen molar-refractivity contribution >= 4 is 47.3 Å². The SMILES string of the molecule is CC1=C(C(N)=O)C(=O)N(c2ccc(C(=O)O)cc2)C(=O)/C1=C\C=Cc1c(C)c(C(N)=O)c(=O)n(-c2ccc(C(=O)O)cc2)c1O. The number of carbonyl (C=O) groups excluding carboxylic acids is 4. The van der Waals surface area contributed by atoms with Crippen molar-refractivity contribution in [3.8, 4) is 11.6 Å². The number of carboxylic acid groups (broad SMARTS) is 2. The van der Waals surface area contributed by atoms with Crippen LogP contribution in [0.4, 0.5) is 5.69 Å². The van der Waals surface area contributed by atoms with Crippen molar-refractivity contribution in [3.05, 3.63) is 116 Å². The number of nitrogens with zero attached hydrogens (tertiary/aromatic N) is 2. The molecule has 4 amide bonds. The summed E-state index contributed by atoms with van der Waals surface area (Å²) in [4.78, 5) is 87.5. The van der Waals surface area contributed by atoms with E-state index in [-0.39, 0.29) is 44.8 Å². The molecule has 1 aliphatic heterocycles. The van der Waals surface area contributed by atoms with Crippen LogP contribution in [0.5, 0.6) is 5.88 Å². The van der Waals surface area contributed by atoms with Crippen LogP contribution in [0, 0.1) is 6.92 Å². The van der Waals surface area contributed by atoms with E-state index in [2.05, 4.69) is 0 Å². The van der Waals surface area contributed by atoms with Crippen molar-refractivity contribution in [2.75, 3.05) is 4.90 Å². The number of aromatic hydroxyl groups is 1. The predicted molar refractivity (Wildman–Crippen MR) is 159 cm³/mol. The summed E-state index contributed by atoms with van der Waals surface area (Å²) < 4.78 is 0.759. The summed E-state index contributed by atoms with van der Waals surface area (Å²) in [6, 6.07) is 9.64. The van der Waals surface area contributed by atoms with Crippen LogP contribution in [0.25, 0.3) is 11.8 Å². The summed E-state index contributed by atoms with van der Waals surface area (Å²) in [6.45, 7) is 2.69. The fourth-order valence-electron chi connectivity index (χ4n) is 4.77. The monoisotopic (exact) mass is 612 g/mol. The highest BCUT2D eigenvalue weighted by Gasteiger charge is 2.38. The first-order valence-electron chi connectivity index (χ1n) is 12.9. The summed E-state index contributed by atoms with van der Waals surface area (Å²) in [5.74, 6) is -7.22. The normalized spacial score (nSPS) is 14.4. The number of amides is 4. The zero-order valence-electron chi connectivity index (χ0n) is 23.6. The van der Waals surface area contributed by atoms with Gasteiger partial charge in [0, 0.05) is 11.1 Å². The number of anilines is 1. The highest BCUT2D eigenvalue weighted by molar-refractivity contribution is 6.37. The highest BCUT2D eigenvalue weighted by atomic mass is 16.4. The molecule has 0 bridgehead atoms. The van der Waals surface area contributed by atoms with E-state index in [9.17, 15) is 48.9 Å². The van der Waals surface area contributed by atoms with E-state index in [0.717, 1.165) is 4.57 Å². The highest BCUT2D eigenvalue weighted by Crippen LogP contribution is 2.31. The number of primary amides is 2. The molecule has 228 valence electrons. The third-order valence-electron chi connectivity index (χ3n) is 7.04. The van der Waals surface area contributed by atoms with Gasteiger partial charge in [-0.15, -0.1) is 0 Å². The van der Waals surface area contributed by atoms with E-state index in [1.54, 1.807) is 0 Å². The molecule has 3 aromatic rings. The number of carbonyl (C=O) groups is 6. The minimum atomic E-state index is -1.24. The maximum atomic E-state index is 13.5. The molecule has 45 heavy (non-hydrogen) atoms. The molecule has 0 saturated carbocycles. The van der Waals surface area contributed by atoms with Crippen LogP contribution in [-0.2, 0) is 14.4 Å². The molecule has 1 aromatic heterocycles. The second-order valence-corrected chi connectivity index (χ2v) is 9.70. The molecule has 0 spiro atoms. The molecule has 1 aliphatic rings. The first-order valence-corrected chi connectivity index (χ1v) is 12.9. The van der Waals surface area contributed by atoms with Gasteiger partial charge in [0.2, 0.25) is 5.88 Å². The number of allylic oxidation sites excluding steroid dienone is 2. The number of carboxylic acids is 2. The van der Waals surface area contributed by atoms with Crippen molar-refractivity contribution in [1.82, 2.24) is 4.57 Å². The molecule has 0 aliphatic carbocycles. The minimum Gasteiger partial charge on any atom is -0.494 e. The van der Waals surface area contributed by atoms with E-state index in [0.29, 0.717) is 4.90 Å². The maximum Gasteiger partial charge on any atom is 0.335 e. The first-order chi connectivity index (χ1) is 21.2. The van der Waals surface area contributed by atoms with E-state index >= 15 is 0 Å². The number of aromatic nitrogens is 1. The molecule has 0 atom stereocenters. The summed E-state index contributed by atoms with van der Waals surface area (Å²) in [7, 11) is 0. The lowest BCUT2D eigenvalue weighted by molar-refractivity contribution is -0.125. The Kier molecular flexibility index (Phi) is 8.34. The lowest BCUT2D eigenvalue weighted by Crippen LogP contribution is -2.46. The van der Waals surface area contributed by atoms with E-state index in [1.807, 2.05) is 0 Å². The second-order valence-electron chi connectivity index (χ2n) is 9.70. The van der Waals surface area contributed by atoms with Gasteiger partial charge in [-0.1, -0.05) is 6.08 Å². The van der Waals surface area contributed by atoms with Crippen LogP contribution in [0.3, 0.4) is 0 Å². The molecule has 2 heterocycles. The van der Waals surface area contributed by atoms with Crippen LogP contribution in [0.15, 0.2) is 82.2 Å². The van der Waals surface area contributed by atoms with Crippen LogP contribution in [-0.4, -0.2) is 55.5 Å². The predicted octanol–water partition coefficient (Wildman–Crippen LogP) is 1.66. The number of benzene rings is 2. The van der Waals surface area contributed by atoms with Gasteiger partial charge in [-0.25, -0.2) is 19.1 Å². The van der Waals surface area contributed by atoms with Gasteiger partial charge in [0.05, 0.1) is 22.5 Å².